The van der Waals surface area contributed by atoms with Gasteiger partial charge in [0.05, 0.1) is 25.8 Å². The maximum atomic E-state index is 13.1. The van der Waals surface area contributed by atoms with Gasteiger partial charge in [-0.15, -0.1) is 0 Å². The quantitative estimate of drug-likeness (QED) is 0.800. The summed E-state index contributed by atoms with van der Waals surface area (Å²) in [6.45, 7) is 0.882. The molecule has 0 radical (unpaired) electrons. The molecule has 2 aromatic rings. The Morgan fingerprint density at radius 3 is 2.85 bits per heavy atom. The van der Waals surface area contributed by atoms with Crippen LogP contribution in [0.4, 0.5) is 5.69 Å². The number of nitrogens with zero attached hydrogens (tertiary/aromatic N) is 2. The van der Waals surface area contributed by atoms with Gasteiger partial charge in [-0.1, -0.05) is 6.07 Å². The number of ether oxygens (including phenoxy) is 1. The van der Waals surface area contributed by atoms with Crippen molar-refractivity contribution in [2.24, 2.45) is 5.92 Å². The van der Waals surface area contributed by atoms with Gasteiger partial charge in [-0.25, -0.2) is 0 Å². The molecule has 26 heavy (non-hydrogen) atoms. The molecule has 2 aliphatic rings. The number of hydrogen-bond acceptors (Lipinski definition) is 4. The molecule has 6 heteroatoms. The van der Waals surface area contributed by atoms with Gasteiger partial charge in [0.1, 0.15) is 11.5 Å². The highest BCUT2D eigenvalue weighted by molar-refractivity contribution is 6.00. The van der Waals surface area contributed by atoms with E-state index in [0.29, 0.717) is 18.8 Å². The van der Waals surface area contributed by atoms with Crippen LogP contribution in [0.2, 0.25) is 0 Å². The highest BCUT2D eigenvalue weighted by Crippen LogP contribution is 2.33. The van der Waals surface area contributed by atoms with Crippen molar-refractivity contribution in [3.05, 3.63) is 48.4 Å². The summed E-state index contributed by atoms with van der Waals surface area (Å²) in [6, 6.07) is 11.4. The van der Waals surface area contributed by atoms with E-state index in [1.807, 2.05) is 41.3 Å². The van der Waals surface area contributed by atoms with Crippen LogP contribution in [-0.4, -0.2) is 36.4 Å². The first-order valence-electron chi connectivity index (χ1n) is 8.93. The molecule has 0 unspecified atom stereocenters. The van der Waals surface area contributed by atoms with Crippen molar-refractivity contribution in [3.8, 4) is 5.75 Å². The summed E-state index contributed by atoms with van der Waals surface area (Å²) in [5.74, 6) is 1.18. The Bertz CT molecular complexity index is 798. The van der Waals surface area contributed by atoms with Gasteiger partial charge in [-0.05, 0) is 37.1 Å². The zero-order valence-electron chi connectivity index (χ0n) is 14.8. The molecule has 1 saturated heterocycles. The number of benzene rings is 1. The lowest BCUT2D eigenvalue weighted by molar-refractivity contribution is -0.137. The Morgan fingerprint density at radius 1 is 1.31 bits per heavy atom. The summed E-state index contributed by atoms with van der Waals surface area (Å²) in [4.78, 5) is 29.2. The summed E-state index contributed by atoms with van der Waals surface area (Å²) in [5.41, 5.74) is 0.772. The van der Waals surface area contributed by atoms with E-state index in [1.165, 1.54) is 0 Å². The molecule has 0 bridgehead atoms. The van der Waals surface area contributed by atoms with Crippen LogP contribution in [0.3, 0.4) is 0 Å². The fourth-order valence-electron chi connectivity index (χ4n) is 3.48. The molecule has 1 aliphatic carbocycles. The van der Waals surface area contributed by atoms with Crippen molar-refractivity contribution < 1.29 is 18.7 Å². The third-order valence-electron chi connectivity index (χ3n) is 5.02. The van der Waals surface area contributed by atoms with Crippen LogP contribution in [0.25, 0.3) is 0 Å². The number of methoxy groups -OCH3 is 1. The van der Waals surface area contributed by atoms with E-state index in [9.17, 15) is 9.59 Å². The average Bonchev–Trinajstić information content (AvgIpc) is 3.22. The second-order valence-electron chi connectivity index (χ2n) is 6.88. The Kier molecular flexibility index (Phi) is 4.41. The molecule has 2 heterocycles. The van der Waals surface area contributed by atoms with Crippen LogP contribution in [0.1, 0.15) is 25.0 Å². The Morgan fingerprint density at radius 2 is 2.15 bits per heavy atom. The lowest BCUT2D eigenvalue weighted by Gasteiger charge is -2.24. The van der Waals surface area contributed by atoms with Gasteiger partial charge in [-0.2, -0.15) is 0 Å². The molecule has 1 aromatic heterocycles. The number of furan rings is 1. The van der Waals surface area contributed by atoms with Gasteiger partial charge in [0, 0.05) is 30.8 Å². The predicted molar refractivity (Wildman–Crippen MR) is 95.7 cm³/mol. The number of hydrogen-bond donors (Lipinski definition) is 0. The van der Waals surface area contributed by atoms with Crippen LogP contribution in [0.15, 0.2) is 47.1 Å². The third-order valence-corrected chi connectivity index (χ3v) is 5.02. The highest BCUT2D eigenvalue weighted by atomic mass is 16.5. The van der Waals surface area contributed by atoms with Crippen molar-refractivity contribution in [2.45, 2.75) is 31.8 Å². The first kappa shape index (κ1) is 16.7. The summed E-state index contributed by atoms with van der Waals surface area (Å²) >= 11 is 0. The summed E-state index contributed by atoms with van der Waals surface area (Å²) < 4.78 is 10.6. The van der Waals surface area contributed by atoms with E-state index in [1.54, 1.807) is 18.3 Å². The minimum Gasteiger partial charge on any atom is -0.497 e. The smallest absolute Gasteiger partial charge is 0.228 e. The zero-order valence-corrected chi connectivity index (χ0v) is 14.8. The maximum Gasteiger partial charge on any atom is 0.228 e. The van der Waals surface area contributed by atoms with Crippen molar-refractivity contribution in [3.63, 3.8) is 0 Å². The molecule has 136 valence electrons. The molecule has 1 saturated carbocycles. The van der Waals surface area contributed by atoms with E-state index >= 15 is 0 Å². The van der Waals surface area contributed by atoms with Crippen LogP contribution in [-0.2, 0) is 16.1 Å². The van der Waals surface area contributed by atoms with Gasteiger partial charge >= 0.3 is 0 Å². The predicted octanol–water partition coefficient (Wildman–Crippen LogP) is 2.83. The van der Waals surface area contributed by atoms with Crippen molar-refractivity contribution in [1.82, 2.24) is 4.90 Å². The Balaban J connectivity index is 1.49. The molecule has 1 atom stereocenters. The first-order chi connectivity index (χ1) is 12.7. The summed E-state index contributed by atoms with van der Waals surface area (Å²) in [7, 11) is 1.60. The van der Waals surface area contributed by atoms with E-state index in [0.717, 1.165) is 24.3 Å². The van der Waals surface area contributed by atoms with Crippen LogP contribution >= 0.6 is 0 Å². The number of rotatable bonds is 6. The highest BCUT2D eigenvalue weighted by Gasteiger charge is 2.41. The van der Waals surface area contributed by atoms with Crippen LogP contribution in [0.5, 0.6) is 5.75 Å². The van der Waals surface area contributed by atoms with Crippen LogP contribution in [0, 0.1) is 5.92 Å². The average molecular weight is 354 g/mol. The molecule has 6 nitrogen and oxygen atoms in total. The van der Waals surface area contributed by atoms with Crippen LogP contribution < -0.4 is 9.64 Å². The monoisotopic (exact) mass is 354 g/mol. The number of carbonyl (C=O) groups excluding carboxylic acids is 2. The van der Waals surface area contributed by atoms with E-state index in [4.69, 9.17) is 9.15 Å². The fraction of sp³-hybridized carbons (Fsp3) is 0.400. The van der Waals surface area contributed by atoms with Gasteiger partial charge in [0.25, 0.3) is 0 Å². The SMILES string of the molecule is COc1cccc(N2C[C@@H](C(=O)N(Cc3ccco3)C3CC3)CC2=O)c1. The number of carbonyl (C=O) groups is 2. The van der Waals surface area contributed by atoms with Crippen molar-refractivity contribution in [1.29, 1.82) is 0 Å². The van der Waals surface area contributed by atoms with Crippen molar-refractivity contribution >= 4 is 17.5 Å². The third kappa shape index (κ3) is 3.31. The molecule has 4 rings (SSSR count). The lowest BCUT2D eigenvalue weighted by Crippen LogP contribution is -2.38. The van der Waals surface area contributed by atoms with E-state index in [-0.39, 0.29) is 30.2 Å². The molecular formula is C20H22N2O4. The van der Waals surface area contributed by atoms with Gasteiger partial charge in [0.15, 0.2) is 0 Å². The topological polar surface area (TPSA) is 63.0 Å². The molecule has 0 spiro atoms. The molecule has 1 aromatic carbocycles. The van der Waals surface area contributed by atoms with E-state index in [2.05, 4.69) is 0 Å². The minimum atomic E-state index is -0.315. The fourth-order valence-corrected chi connectivity index (χ4v) is 3.48. The number of amides is 2. The van der Waals surface area contributed by atoms with Gasteiger partial charge in [0.2, 0.25) is 11.8 Å². The van der Waals surface area contributed by atoms with Gasteiger partial charge < -0.3 is 19.0 Å². The van der Waals surface area contributed by atoms with E-state index < -0.39 is 0 Å². The first-order valence-corrected chi connectivity index (χ1v) is 8.93. The van der Waals surface area contributed by atoms with Crippen molar-refractivity contribution in [2.75, 3.05) is 18.6 Å². The summed E-state index contributed by atoms with van der Waals surface area (Å²) in [5, 5.41) is 0. The molecule has 2 fully saturated rings. The van der Waals surface area contributed by atoms with Gasteiger partial charge in [-0.3, -0.25) is 9.59 Å². The standard InChI is InChI=1S/C20H22N2O4/c1-25-17-5-2-4-16(11-17)21-12-14(10-19(21)23)20(24)22(15-7-8-15)13-18-6-3-9-26-18/h2-6,9,11,14-15H,7-8,10,12-13H2,1H3/t14-/m0/s1. The lowest BCUT2D eigenvalue weighted by atomic mass is 10.1. The Hall–Kier alpha value is -2.76. The molecular weight excluding hydrogens is 332 g/mol. The minimum absolute atomic E-state index is 0.0228. The maximum absolute atomic E-state index is 13.1. The summed E-state index contributed by atoms with van der Waals surface area (Å²) in [6.07, 6.45) is 3.91. The second kappa shape index (κ2) is 6.86. The molecule has 2 amide bonds. The molecule has 1 aliphatic heterocycles. The zero-order chi connectivity index (χ0) is 18.1. The number of anilines is 1. The largest absolute Gasteiger partial charge is 0.497 e. The second-order valence-corrected chi connectivity index (χ2v) is 6.88. The Labute approximate surface area is 152 Å². The normalized spacial score (nSPS) is 19.7. The molecule has 0 N–H and O–H groups in total.